The van der Waals surface area contributed by atoms with Crippen LogP contribution in [-0.4, -0.2) is 39.8 Å². The first-order chi connectivity index (χ1) is 14.3. The molecule has 4 aromatic rings. The van der Waals surface area contributed by atoms with Gasteiger partial charge in [-0.25, -0.2) is 19.5 Å². The average molecular weight is 404 g/mol. The summed E-state index contributed by atoms with van der Waals surface area (Å²) in [6, 6.07) is 1.96. The Morgan fingerprint density at radius 3 is 2.47 bits per heavy atom. The molecule has 0 spiro atoms. The van der Waals surface area contributed by atoms with Crippen LogP contribution in [0, 0.1) is 6.92 Å². The Labute approximate surface area is 173 Å². The van der Waals surface area contributed by atoms with Gasteiger partial charge in [-0.15, -0.1) is 5.10 Å². The quantitative estimate of drug-likeness (QED) is 0.395. The molecule has 0 aliphatic rings. The first-order valence-electron chi connectivity index (χ1n) is 9.41. The number of allylic oxidation sites excluding steroid dienone is 1. The number of aliphatic imine (C=N–C) groups is 1. The molecule has 10 heteroatoms. The fourth-order valence-corrected chi connectivity index (χ4v) is 3.18. The summed E-state index contributed by atoms with van der Waals surface area (Å²) in [5, 5.41) is 9.20. The third kappa shape index (κ3) is 3.21. The van der Waals surface area contributed by atoms with Crippen molar-refractivity contribution in [2.24, 2.45) is 30.6 Å². The van der Waals surface area contributed by atoms with Crippen LogP contribution < -0.4 is 11.5 Å². The van der Waals surface area contributed by atoms with Crippen molar-refractivity contribution in [3.63, 3.8) is 0 Å². The zero-order valence-corrected chi connectivity index (χ0v) is 17.6. The Hall–Kier alpha value is -3.95. The van der Waals surface area contributed by atoms with E-state index in [1.165, 1.54) is 0 Å². The molecule has 4 heterocycles. The molecule has 30 heavy (non-hydrogen) atoms. The van der Waals surface area contributed by atoms with Crippen molar-refractivity contribution in [3.05, 3.63) is 47.7 Å². The Bertz CT molecular complexity index is 1310. The molecule has 154 valence electrons. The minimum absolute atomic E-state index is 0.307. The van der Waals surface area contributed by atoms with Crippen LogP contribution in [0.5, 0.6) is 0 Å². The number of rotatable bonds is 4. The lowest BCUT2D eigenvalue weighted by molar-refractivity contribution is 0.770. The normalized spacial score (nSPS) is 13.2. The fraction of sp³-hybridized carbons (Fsp3) is 0.250. The van der Waals surface area contributed by atoms with Crippen molar-refractivity contribution in [3.8, 4) is 22.9 Å². The highest BCUT2D eigenvalue weighted by atomic mass is 15.3. The first-order valence-corrected chi connectivity index (χ1v) is 9.41. The summed E-state index contributed by atoms with van der Waals surface area (Å²) >= 11 is 0. The Morgan fingerprint density at radius 1 is 1.10 bits per heavy atom. The van der Waals surface area contributed by atoms with Gasteiger partial charge in [0.1, 0.15) is 11.4 Å². The maximum atomic E-state index is 6.22. The second kappa shape index (κ2) is 7.14. The molecule has 0 atom stereocenters. The van der Waals surface area contributed by atoms with Crippen molar-refractivity contribution >= 4 is 17.2 Å². The summed E-state index contributed by atoms with van der Waals surface area (Å²) in [5.41, 5.74) is 16.9. The number of fused-ring (bicyclic) bond motifs is 1. The van der Waals surface area contributed by atoms with Gasteiger partial charge in [0.2, 0.25) is 5.82 Å². The lowest BCUT2D eigenvalue weighted by Gasteiger charge is -2.07. The smallest absolute Gasteiger partial charge is 0.218 e. The Kier molecular flexibility index (Phi) is 4.61. The van der Waals surface area contributed by atoms with Gasteiger partial charge in [-0.3, -0.25) is 4.68 Å². The Morgan fingerprint density at radius 2 is 1.87 bits per heavy atom. The number of aromatic nitrogens is 7. The van der Waals surface area contributed by atoms with Crippen LogP contribution in [-0.2, 0) is 14.1 Å². The highest BCUT2D eigenvalue weighted by molar-refractivity contribution is 5.99. The van der Waals surface area contributed by atoms with Crippen LogP contribution in [0.4, 0.5) is 5.82 Å². The van der Waals surface area contributed by atoms with Gasteiger partial charge in [0.25, 0.3) is 0 Å². The van der Waals surface area contributed by atoms with E-state index in [2.05, 4.69) is 25.2 Å². The SMILES string of the molecule is C/C(N)=C(\C)C(N)=Nc1nc(-c2nccn2C)nn2cc(-c3ccn(C)n3)c(C)c12. The summed E-state index contributed by atoms with van der Waals surface area (Å²) in [6.45, 7) is 5.61. The van der Waals surface area contributed by atoms with E-state index in [9.17, 15) is 0 Å². The van der Waals surface area contributed by atoms with Crippen LogP contribution in [0.25, 0.3) is 28.4 Å². The highest BCUT2D eigenvalue weighted by Crippen LogP contribution is 2.32. The molecule has 0 aliphatic carbocycles. The minimum Gasteiger partial charge on any atom is -0.402 e. The molecular weight excluding hydrogens is 380 g/mol. The molecule has 0 bridgehead atoms. The van der Waals surface area contributed by atoms with Gasteiger partial charge in [0.05, 0.1) is 5.69 Å². The van der Waals surface area contributed by atoms with Crippen LogP contribution in [0.2, 0.25) is 0 Å². The third-order valence-corrected chi connectivity index (χ3v) is 5.08. The van der Waals surface area contributed by atoms with Gasteiger partial charge in [0, 0.05) is 55.7 Å². The minimum atomic E-state index is 0.307. The largest absolute Gasteiger partial charge is 0.402 e. The summed E-state index contributed by atoms with van der Waals surface area (Å²) in [5.74, 6) is 1.82. The summed E-state index contributed by atoms with van der Waals surface area (Å²) in [4.78, 5) is 13.7. The van der Waals surface area contributed by atoms with Gasteiger partial charge >= 0.3 is 0 Å². The van der Waals surface area contributed by atoms with E-state index in [4.69, 9.17) is 11.5 Å². The monoisotopic (exact) mass is 404 g/mol. The van der Waals surface area contributed by atoms with Crippen LogP contribution in [0.15, 0.2) is 47.1 Å². The number of hydrogen-bond acceptors (Lipinski definition) is 6. The van der Waals surface area contributed by atoms with Crippen molar-refractivity contribution in [1.29, 1.82) is 0 Å². The third-order valence-electron chi connectivity index (χ3n) is 5.08. The zero-order chi connectivity index (χ0) is 21.6. The number of nitrogens with zero attached hydrogens (tertiary/aromatic N) is 8. The van der Waals surface area contributed by atoms with E-state index in [-0.39, 0.29) is 0 Å². The molecule has 0 saturated heterocycles. The summed E-state index contributed by atoms with van der Waals surface area (Å²) in [6.07, 6.45) is 7.36. The van der Waals surface area contributed by atoms with Gasteiger partial charge in [-0.1, -0.05) is 0 Å². The van der Waals surface area contributed by atoms with Gasteiger partial charge in [-0.2, -0.15) is 5.10 Å². The zero-order valence-electron chi connectivity index (χ0n) is 17.6. The van der Waals surface area contributed by atoms with E-state index in [1.807, 2.05) is 57.2 Å². The lowest BCUT2D eigenvalue weighted by Crippen LogP contribution is -2.16. The molecule has 4 rings (SSSR count). The number of aryl methyl sites for hydroxylation is 3. The maximum Gasteiger partial charge on any atom is 0.218 e. The van der Waals surface area contributed by atoms with E-state index >= 15 is 0 Å². The van der Waals surface area contributed by atoms with Crippen molar-refractivity contribution in [2.45, 2.75) is 20.8 Å². The van der Waals surface area contributed by atoms with Gasteiger partial charge in [-0.05, 0) is 32.4 Å². The highest BCUT2D eigenvalue weighted by Gasteiger charge is 2.19. The molecule has 0 saturated carbocycles. The van der Waals surface area contributed by atoms with Gasteiger partial charge < -0.3 is 16.0 Å². The maximum absolute atomic E-state index is 6.22. The second-order valence-electron chi connectivity index (χ2n) is 7.26. The molecule has 0 fully saturated rings. The van der Waals surface area contributed by atoms with Crippen molar-refractivity contribution < 1.29 is 0 Å². The predicted octanol–water partition coefficient (Wildman–Crippen LogP) is 2.08. The van der Waals surface area contributed by atoms with Crippen molar-refractivity contribution in [2.75, 3.05) is 0 Å². The number of hydrogen-bond donors (Lipinski definition) is 2. The fourth-order valence-electron chi connectivity index (χ4n) is 3.18. The van der Waals surface area contributed by atoms with Crippen LogP contribution in [0.1, 0.15) is 19.4 Å². The lowest BCUT2D eigenvalue weighted by atomic mass is 10.1. The van der Waals surface area contributed by atoms with Crippen molar-refractivity contribution in [1.82, 2.24) is 33.9 Å². The van der Waals surface area contributed by atoms with E-state index < -0.39 is 0 Å². The van der Waals surface area contributed by atoms with E-state index in [0.29, 0.717) is 34.6 Å². The average Bonchev–Trinajstić information content (AvgIpc) is 3.40. The molecule has 10 nitrogen and oxygen atoms in total. The predicted molar refractivity (Wildman–Crippen MR) is 116 cm³/mol. The second-order valence-corrected chi connectivity index (χ2v) is 7.26. The molecule has 0 aliphatic heterocycles. The molecule has 0 aromatic carbocycles. The molecule has 4 aromatic heterocycles. The van der Waals surface area contributed by atoms with Crippen LogP contribution in [0.3, 0.4) is 0 Å². The number of amidine groups is 1. The molecule has 0 amide bonds. The molecule has 0 unspecified atom stereocenters. The molecular formula is C20H24N10. The first kappa shape index (κ1) is 19.4. The van der Waals surface area contributed by atoms with E-state index in [1.54, 1.807) is 22.3 Å². The number of nitrogens with two attached hydrogens (primary N) is 2. The topological polar surface area (TPSA) is 130 Å². The molecule has 4 N–H and O–H groups in total. The van der Waals surface area contributed by atoms with Crippen LogP contribution >= 0.6 is 0 Å². The molecule has 0 radical (unpaired) electrons. The standard InChI is InChI=1S/C20H24N10/c1-11(13(3)21)17(22)24-18-16-12(2)14(15-6-8-29(5)26-15)10-30(16)27-19(25-18)20-23-7-9-28(20)4/h6-10H,21H2,1-5H3,(H2,22,24,25,27)/b13-11-. The number of imidazole rings is 1. The summed E-state index contributed by atoms with van der Waals surface area (Å²) < 4.78 is 5.37. The Balaban J connectivity index is 2.01. The van der Waals surface area contributed by atoms with Gasteiger partial charge in [0.15, 0.2) is 11.6 Å². The summed E-state index contributed by atoms with van der Waals surface area (Å²) in [7, 11) is 3.77. The van der Waals surface area contributed by atoms with E-state index in [0.717, 1.165) is 22.3 Å².